The van der Waals surface area contributed by atoms with Crippen molar-refractivity contribution >= 4 is 11.6 Å². The Kier molecular flexibility index (Phi) is 6.21. The minimum atomic E-state index is 0.0908. The van der Waals surface area contributed by atoms with Crippen LogP contribution in [0.3, 0.4) is 0 Å². The quantitative estimate of drug-likeness (QED) is 0.829. The molecule has 20 heavy (non-hydrogen) atoms. The van der Waals surface area contributed by atoms with Gasteiger partial charge in [-0.25, -0.2) is 0 Å². The third-order valence-electron chi connectivity index (χ3n) is 3.76. The molecule has 3 heteroatoms. The summed E-state index contributed by atoms with van der Waals surface area (Å²) in [5.41, 5.74) is 2.23. The van der Waals surface area contributed by atoms with Gasteiger partial charge in [-0.3, -0.25) is 4.79 Å². The average molecular weight is 276 g/mol. The number of rotatable bonds is 6. The summed E-state index contributed by atoms with van der Waals surface area (Å²) in [5.74, 6) is 0.445. The zero-order chi connectivity index (χ0) is 15.2. The first kappa shape index (κ1) is 16.7. The largest absolute Gasteiger partial charge is 0.326 e. The van der Waals surface area contributed by atoms with Gasteiger partial charge in [0.1, 0.15) is 0 Å². The lowest BCUT2D eigenvalue weighted by atomic mass is 9.80. The van der Waals surface area contributed by atoms with E-state index < -0.39 is 0 Å². The van der Waals surface area contributed by atoms with Gasteiger partial charge in [0.05, 0.1) is 0 Å². The van der Waals surface area contributed by atoms with E-state index in [-0.39, 0.29) is 11.3 Å². The summed E-state index contributed by atoms with van der Waals surface area (Å²) in [6.45, 7) is 12.5. The highest BCUT2D eigenvalue weighted by molar-refractivity contribution is 5.90. The zero-order valence-corrected chi connectivity index (χ0v) is 13.4. The number of nitrogens with one attached hydrogen (secondary N) is 2. The maximum atomic E-state index is 12.1. The molecule has 0 bridgehead atoms. The topological polar surface area (TPSA) is 41.1 Å². The highest BCUT2D eigenvalue weighted by Crippen LogP contribution is 2.28. The second-order valence-electron chi connectivity index (χ2n) is 6.50. The second-order valence-corrected chi connectivity index (χ2v) is 6.50. The average Bonchev–Trinajstić information content (AvgIpc) is 2.35. The highest BCUT2D eigenvalue weighted by Gasteiger charge is 2.22. The van der Waals surface area contributed by atoms with Gasteiger partial charge in [0.25, 0.3) is 0 Å². The van der Waals surface area contributed by atoms with Crippen molar-refractivity contribution in [1.29, 1.82) is 0 Å². The van der Waals surface area contributed by atoms with Gasteiger partial charge in [0.2, 0.25) is 5.91 Å². The summed E-state index contributed by atoms with van der Waals surface area (Å²) in [5, 5.41) is 6.28. The number of hydrogen-bond donors (Lipinski definition) is 2. The fourth-order valence-corrected chi connectivity index (χ4v) is 1.82. The molecule has 1 aromatic rings. The van der Waals surface area contributed by atoms with Crippen LogP contribution in [0.1, 0.15) is 46.6 Å². The van der Waals surface area contributed by atoms with E-state index in [1.807, 2.05) is 18.2 Å². The summed E-state index contributed by atoms with van der Waals surface area (Å²) < 4.78 is 0. The molecule has 0 saturated carbocycles. The Bertz CT molecular complexity index is 435. The number of hydrogen-bond acceptors (Lipinski definition) is 2. The molecular weight excluding hydrogens is 248 g/mol. The number of carbonyl (C=O) groups is 1. The maximum absolute atomic E-state index is 12.1. The van der Waals surface area contributed by atoms with Crippen molar-refractivity contribution in [3.8, 4) is 0 Å². The first-order valence-corrected chi connectivity index (χ1v) is 7.42. The highest BCUT2D eigenvalue weighted by atomic mass is 16.1. The van der Waals surface area contributed by atoms with Crippen LogP contribution in [0.25, 0.3) is 0 Å². The van der Waals surface area contributed by atoms with E-state index in [2.05, 4.69) is 51.3 Å². The number of anilines is 1. The Labute approximate surface area is 123 Å². The zero-order valence-electron chi connectivity index (χ0n) is 13.4. The van der Waals surface area contributed by atoms with Gasteiger partial charge < -0.3 is 10.6 Å². The van der Waals surface area contributed by atoms with Crippen LogP contribution in [0, 0.1) is 11.3 Å². The lowest BCUT2D eigenvalue weighted by molar-refractivity contribution is -0.117. The number of amides is 1. The van der Waals surface area contributed by atoms with E-state index in [1.165, 1.54) is 5.56 Å². The van der Waals surface area contributed by atoms with Crippen molar-refractivity contribution in [2.75, 3.05) is 11.9 Å². The van der Waals surface area contributed by atoms with Crippen molar-refractivity contribution < 1.29 is 4.79 Å². The van der Waals surface area contributed by atoms with Crippen molar-refractivity contribution in [3.63, 3.8) is 0 Å². The molecule has 0 aromatic heterocycles. The Morgan fingerprint density at radius 1 is 1.30 bits per heavy atom. The molecule has 1 aromatic carbocycles. The molecule has 2 N–H and O–H groups in total. The van der Waals surface area contributed by atoms with Crippen LogP contribution in [-0.2, 0) is 11.3 Å². The molecule has 0 heterocycles. The Morgan fingerprint density at radius 3 is 2.60 bits per heavy atom. The molecule has 3 nitrogen and oxygen atoms in total. The molecule has 1 atom stereocenters. The Balaban J connectivity index is 2.57. The van der Waals surface area contributed by atoms with Crippen LogP contribution in [0.4, 0.5) is 5.69 Å². The van der Waals surface area contributed by atoms with Crippen LogP contribution in [0.2, 0.25) is 0 Å². The summed E-state index contributed by atoms with van der Waals surface area (Å²) >= 11 is 0. The first-order valence-electron chi connectivity index (χ1n) is 7.42. The first-order chi connectivity index (χ1) is 9.32. The van der Waals surface area contributed by atoms with Crippen LogP contribution in [-0.4, -0.2) is 12.5 Å². The minimum absolute atomic E-state index is 0.0908. The molecule has 1 unspecified atom stereocenters. The number of carbonyl (C=O) groups excluding carboxylic acids is 1. The lowest BCUT2D eigenvalue weighted by Gasteiger charge is -2.26. The maximum Gasteiger partial charge on any atom is 0.224 e. The van der Waals surface area contributed by atoms with Crippen LogP contribution in [0.15, 0.2) is 24.3 Å². The smallest absolute Gasteiger partial charge is 0.224 e. The molecule has 0 radical (unpaired) electrons. The van der Waals surface area contributed by atoms with E-state index in [0.717, 1.165) is 18.8 Å². The van der Waals surface area contributed by atoms with Crippen molar-refractivity contribution in [3.05, 3.63) is 29.8 Å². The SMILES string of the molecule is CCNCc1cccc(NC(=O)CC(C)C(C)(C)C)c1. The number of benzene rings is 1. The fraction of sp³-hybridized carbons (Fsp3) is 0.588. The summed E-state index contributed by atoms with van der Waals surface area (Å²) in [6, 6.07) is 8.02. The molecule has 0 saturated heterocycles. The van der Waals surface area contributed by atoms with Crippen molar-refractivity contribution in [1.82, 2.24) is 5.32 Å². The van der Waals surface area contributed by atoms with Gasteiger partial charge in [-0.2, -0.15) is 0 Å². The predicted octanol–water partition coefficient (Wildman–Crippen LogP) is 3.81. The van der Waals surface area contributed by atoms with Crippen molar-refractivity contribution in [2.45, 2.75) is 47.6 Å². The molecule has 112 valence electrons. The van der Waals surface area contributed by atoms with Crippen LogP contribution >= 0.6 is 0 Å². The fourth-order valence-electron chi connectivity index (χ4n) is 1.82. The standard InChI is InChI=1S/C17H28N2O/c1-6-18-12-14-8-7-9-15(11-14)19-16(20)10-13(2)17(3,4)5/h7-9,11,13,18H,6,10,12H2,1-5H3,(H,19,20). The van der Waals surface area contributed by atoms with Gasteiger partial charge in [-0.05, 0) is 35.6 Å². The Hall–Kier alpha value is -1.35. The predicted molar refractivity (Wildman–Crippen MR) is 85.7 cm³/mol. The molecule has 0 aliphatic rings. The second kappa shape index (κ2) is 7.44. The molecule has 0 aliphatic carbocycles. The van der Waals surface area contributed by atoms with Gasteiger partial charge in [0, 0.05) is 18.7 Å². The minimum Gasteiger partial charge on any atom is -0.326 e. The molecule has 0 fully saturated rings. The Morgan fingerprint density at radius 2 is 2.00 bits per heavy atom. The van der Waals surface area contributed by atoms with E-state index >= 15 is 0 Å². The van der Waals surface area contributed by atoms with Gasteiger partial charge >= 0.3 is 0 Å². The van der Waals surface area contributed by atoms with E-state index in [0.29, 0.717) is 12.3 Å². The third kappa shape index (κ3) is 5.74. The lowest BCUT2D eigenvalue weighted by Crippen LogP contribution is -2.24. The summed E-state index contributed by atoms with van der Waals surface area (Å²) in [7, 11) is 0. The molecule has 1 amide bonds. The monoisotopic (exact) mass is 276 g/mol. The van der Waals surface area contributed by atoms with E-state index in [9.17, 15) is 4.79 Å². The van der Waals surface area contributed by atoms with Crippen molar-refractivity contribution in [2.24, 2.45) is 11.3 Å². The van der Waals surface area contributed by atoms with E-state index in [4.69, 9.17) is 0 Å². The third-order valence-corrected chi connectivity index (χ3v) is 3.76. The molecular formula is C17H28N2O. The van der Waals surface area contributed by atoms with Gasteiger partial charge in [-0.1, -0.05) is 46.8 Å². The van der Waals surface area contributed by atoms with Gasteiger partial charge in [-0.15, -0.1) is 0 Å². The van der Waals surface area contributed by atoms with E-state index in [1.54, 1.807) is 0 Å². The van der Waals surface area contributed by atoms with Gasteiger partial charge in [0.15, 0.2) is 0 Å². The molecule has 0 aliphatic heterocycles. The molecule has 0 spiro atoms. The summed E-state index contributed by atoms with van der Waals surface area (Å²) in [4.78, 5) is 12.1. The normalized spacial score (nSPS) is 13.1. The molecule has 1 rings (SSSR count). The van der Waals surface area contributed by atoms with Crippen LogP contribution in [0.5, 0.6) is 0 Å². The summed E-state index contributed by atoms with van der Waals surface area (Å²) in [6.07, 6.45) is 0.556. The van der Waals surface area contributed by atoms with Crippen LogP contribution < -0.4 is 10.6 Å².